The van der Waals surface area contributed by atoms with Gasteiger partial charge < -0.3 is 16.0 Å². The molecule has 0 radical (unpaired) electrons. The average molecular weight is 408 g/mol. The summed E-state index contributed by atoms with van der Waals surface area (Å²) in [5.41, 5.74) is 6.73. The number of carbonyl (C=O) groups excluding carboxylic acids is 2. The number of anilines is 1. The van der Waals surface area contributed by atoms with Gasteiger partial charge in [-0.3, -0.25) is 9.59 Å². The lowest BCUT2D eigenvalue weighted by molar-refractivity contribution is -0.185. The molecule has 9 heteroatoms. The zero-order valence-electron chi connectivity index (χ0n) is 15.1. The standard InChI is InChI=1S/C18H24F3N3O2.ClH/c1-2-24(17(26)18(19,20)21)11-12-5-3-7-14(9-12)23-16(25)15-8-4-6-13(15)10-22;/h3,5,7,9,13,15H,2,4,6,8,10-11,22H2,1H3,(H,23,25);1H/t13-,15-;/m1./s1. The predicted octanol–water partition coefficient (Wildman–Crippen LogP) is 3.33. The maximum Gasteiger partial charge on any atom is 0.471 e. The Hall–Kier alpha value is -1.80. The van der Waals surface area contributed by atoms with Crippen molar-refractivity contribution in [1.29, 1.82) is 0 Å². The summed E-state index contributed by atoms with van der Waals surface area (Å²) in [6.45, 7) is 1.72. The van der Waals surface area contributed by atoms with Crippen molar-refractivity contribution in [2.24, 2.45) is 17.6 Å². The van der Waals surface area contributed by atoms with Crippen molar-refractivity contribution < 1.29 is 22.8 Å². The Bertz CT molecular complexity index is 655. The van der Waals surface area contributed by atoms with Gasteiger partial charge in [-0.05, 0) is 49.9 Å². The molecule has 1 aromatic rings. The average Bonchev–Trinajstić information content (AvgIpc) is 3.07. The number of carbonyl (C=O) groups is 2. The smallest absolute Gasteiger partial charge is 0.331 e. The molecule has 1 saturated carbocycles. The normalized spacial score (nSPS) is 19.3. The molecule has 2 rings (SSSR count). The number of rotatable bonds is 6. The van der Waals surface area contributed by atoms with Crippen molar-refractivity contribution >= 4 is 29.9 Å². The molecule has 3 N–H and O–H groups in total. The molecule has 27 heavy (non-hydrogen) atoms. The summed E-state index contributed by atoms with van der Waals surface area (Å²) >= 11 is 0. The van der Waals surface area contributed by atoms with Gasteiger partial charge in [-0.2, -0.15) is 13.2 Å². The molecular weight excluding hydrogens is 383 g/mol. The summed E-state index contributed by atoms with van der Waals surface area (Å²) in [7, 11) is 0. The fraction of sp³-hybridized carbons (Fsp3) is 0.556. The summed E-state index contributed by atoms with van der Waals surface area (Å²) in [5, 5.41) is 2.82. The number of hydrogen-bond donors (Lipinski definition) is 2. The van der Waals surface area contributed by atoms with Crippen LogP contribution in [-0.2, 0) is 16.1 Å². The number of nitrogens with two attached hydrogens (primary N) is 1. The van der Waals surface area contributed by atoms with Crippen LogP contribution in [0.1, 0.15) is 31.7 Å². The van der Waals surface area contributed by atoms with Crippen molar-refractivity contribution in [3.63, 3.8) is 0 Å². The van der Waals surface area contributed by atoms with Gasteiger partial charge in [-0.15, -0.1) is 12.4 Å². The van der Waals surface area contributed by atoms with Crippen LogP contribution in [0.3, 0.4) is 0 Å². The van der Waals surface area contributed by atoms with E-state index >= 15 is 0 Å². The zero-order valence-corrected chi connectivity index (χ0v) is 15.9. The molecular formula is C18H25ClF3N3O2. The van der Waals surface area contributed by atoms with Gasteiger partial charge in [0, 0.05) is 24.7 Å². The Balaban J connectivity index is 0.00000364. The second-order valence-electron chi connectivity index (χ2n) is 6.54. The van der Waals surface area contributed by atoms with Gasteiger partial charge in [0.25, 0.3) is 0 Å². The Morgan fingerprint density at radius 2 is 2.00 bits per heavy atom. The van der Waals surface area contributed by atoms with E-state index in [4.69, 9.17) is 5.73 Å². The molecule has 5 nitrogen and oxygen atoms in total. The topological polar surface area (TPSA) is 75.4 Å². The highest BCUT2D eigenvalue weighted by Crippen LogP contribution is 2.32. The molecule has 0 saturated heterocycles. The zero-order chi connectivity index (χ0) is 19.3. The van der Waals surface area contributed by atoms with Gasteiger partial charge in [0.2, 0.25) is 5.91 Å². The van der Waals surface area contributed by atoms with Gasteiger partial charge in [-0.1, -0.05) is 18.6 Å². The van der Waals surface area contributed by atoms with Gasteiger partial charge in [0.15, 0.2) is 0 Å². The highest BCUT2D eigenvalue weighted by molar-refractivity contribution is 5.93. The van der Waals surface area contributed by atoms with Gasteiger partial charge in [0.1, 0.15) is 0 Å². The van der Waals surface area contributed by atoms with Crippen LogP contribution >= 0.6 is 12.4 Å². The summed E-state index contributed by atoms with van der Waals surface area (Å²) in [4.78, 5) is 24.6. The molecule has 1 aliphatic rings. The molecule has 2 atom stereocenters. The van der Waals surface area contributed by atoms with E-state index in [1.165, 1.54) is 6.92 Å². The minimum Gasteiger partial charge on any atom is -0.331 e. The highest BCUT2D eigenvalue weighted by atomic mass is 35.5. The number of nitrogens with one attached hydrogen (secondary N) is 1. The van der Waals surface area contributed by atoms with Crippen LogP contribution < -0.4 is 11.1 Å². The van der Waals surface area contributed by atoms with Crippen LogP contribution in [-0.4, -0.2) is 36.0 Å². The highest BCUT2D eigenvalue weighted by Gasteiger charge is 2.42. The monoisotopic (exact) mass is 407 g/mol. The van der Waals surface area contributed by atoms with Crippen LogP contribution in [0.4, 0.5) is 18.9 Å². The lowest BCUT2D eigenvalue weighted by Gasteiger charge is -2.22. The lowest BCUT2D eigenvalue weighted by atomic mass is 9.95. The minimum atomic E-state index is -4.90. The second-order valence-corrected chi connectivity index (χ2v) is 6.54. The first-order valence-corrected chi connectivity index (χ1v) is 8.72. The summed E-state index contributed by atoms with van der Waals surface area (Å²) in [6, 6.07) is 6.54. The van der Waals surface area contributed by atoms with Gasteiger partial charge >= 0.3 is 12.1 Å². The van der Waals surface area contributed by atoms with Crippen LogP contribution in [0.5, 0.6) is 0 Å². The van der Waals surface area contributed by atoms with E-state index in [1.807, 2.05) is 0 Å². The van der Waals surface area contributed by atoms with E-state index in [0.29, 0.717) is 17.8 Å². The number of hydrogen-bond acceptors (Lipinski definition) is 3. The number of nitrogens with zero attached hydrogens (tertiary/aromatic N) is 1. The molecule has 0 heterocycles. The molecule has 152 valence electrons. The molecule has 2 amide bonds. The van der Waals surface area contributed by atoms with Crippen molar-refractivity contribution in [1.82, 2.24) is 4.90 Å². The lowest BCUT2D eigenvalue weighted by Crippen LogP contribution is -2.40. The van der Waals surface area contributed by atoms with Crippen LogP contribution in [0.15, 0.2) is 24.3 Å². The van der Waals surface area contributed by atoms with Crippen molar-refractivity contribution in [2.75, 3.05) is 18.4 Å². The number of benzene rings is 1. The fourth-order valence-electron chi connectivity index (χ4n) is 3.37. The summed E-state index contributed by atoms with van der Waals surface area (Å²) < 4.78 is 37.9. The minimum absolute atomic E-state index is 0. The van der Waals surface area contributed by atoms with E-state index in [9.17, 15) is 22.8 Å². The fourth-order valence-corrected chi connectivity index (χ4v) is 3.37. The second kappa shape index (κ2) is 9.94. The van der Waals surface area contributed by atoms with E-state index < -0.39 is 12.1 Å². The molecule has 0 unspecified atom stereocenters. The molecule has 1 fully saturated rings. The van der Waals surface area contributed by atoms with Crippen molar-refractivity contribution in [3.8, 4) is 0 Å². The third-order valence-electron chi connectivity index (χ3n) is 4.78. The molecule has 0 aromatic heterocycles. The first-order chi connectivity index (χ1) is 12.3. The Labute approximate surface area is 162 Å². The SMILES string of the molecule is CCN(Cc1cccc(NC(=O)[C@@H]2CCC[C@@H]2CN)c1)C(=O)C(F)(F)F.Cl. The van der Waals surface area contributed by atoms with Gasteiger partial charge in [0.05, 0.1) is 0 Å². The van der Waals surface area contributed by atoms with Crippen LogP contribution in [0.25, 0.3) is 0 Å². The number of alkyl halides is 3. The van der Waals surface area contributed by atoms with Crippen LogP contribution in [0.2, 0.25) is 0 Å². The Morgan fingerprint density at radius 3 is 2.59 bits per heavy atom. The maximum atomic E-state index is 12.6. The summed E-state index contributed by atoms with van der Waals surface area (Å²) in [5.74, 6) is -1.96. The molecule has 0 aliphatic heterocycles. The first-order valence-electron chi connectivity index (χ1n) is 8.72. The maximum absolute atomic E-state index is 12.6. The Morgan fingerprint density at radius 1 is 1.30 bits per heavy atom. The van der Waals surface area contributed by atoms with Gasteiger partial charge in [-0.25, -0.2) is 0 Å². The van der Waals surface area contributed by atoms with Crippen LogP contribution in [0, 0.1) is 11.8 Å². The van der Waals surface area contributed by atoms with Crippen molar-refractivity contribution in [3.05, 3.63) is 29.8 Å². The third-order valence-corrected chi connectivity index (χ3v) is 4.78. The molecule has 1 aliphatic carbocycles. The van der Waals surface area contributed by atoms with Crippen molar-refractivity contribution in [2.45, 2.75) is 38.9 Å². The molecule has 0 bridgehead atoms. The van der Waals surface area contributed by atoms with E-state index in [0.717, 1.165) is 24.2 Å². The quantitative estimate of drug-likeness (QED) is 0.759. The number of halogens is 4. The largest absolute Gasteiger partial charge is 0.471 e. The predicted molar refractivity (Wildman–Crippen MR) is 99.4 cm³/mol. The first kappa shape index (κ1) is 23.2. The van der Waals surface area contributed by atoms with E-state index in [-0.39, 0.29) is 43.2 Å². The number of amides is 2. The van der Waals surface area contributed by atoms with E-state index in [1.54, 1.807) is 24.3 Å². The van der Waals surface area contributed by atoms with E-state index in [2.05, 4.69) is 5.32 Å². The summed E-state index contributed by atoms with van der Waals surface area (Å²) in [6.07, 6.45) is -2.22. The Kier molecular flexibility index (Phi) is 8.56. The third kappa shape index (κ3) is 6.10. The molecule has 0 spiro atoms. The molecule has 1 aromatic carbocycles.